The van der Waals surface area contributed by atoms with Crippen LogP contribution in [0.25, 0.3) is 10.9 Å². The number of nitrogens with one attached hydrogen (secondary N) is 2. The van der Waals surface area contributed by atoms with E-state index >= 15 is 0 Å². The van der Waals surface area contributed by atoms with Gasteiger partial charge in [0.1, 0.15) is 0 Å². The first-order chi connectivity index (χ1) is 14.8. The maximum Gasteiger partial charge on any atom is 0.191 e. The Balaban J connectivity index is 0.00000272. The molecule has 6 heteroatoms. The highest BCUT2D eigenvalue weighted by molar-refractivity contribution is 14.0. The van der Waals surface area contributed by atoms with E-state index in [0.29, 0.717) is 12.6 Å². The largest absolute Gasteiger partial charge is 0.357 e. The summed E-state index contributed by atoms with van der Waals surface area (Å²) in [7, 11) is 0. The lowest BCUT2D eigenvalue weighted by atomic mass is 10.0. The maximum absolute atomic E-state index is 4.87. The summed E-state index contributed by atoms with van der Waals surface area (Å²) in [6, 6.07) is 21.5. The first kappa shape index (κ1) is 23.5. The number of aromatic nitrogens is 1. The second-order valence-corrected chi connectivity index (χ2v) is 7.86. The molecule has 1 aliphatic rings. The number of piperidine rings is 1. The zero-order valence-corrected chi connectivity index (χ0v) is 20.5. The van der Waals surface area contributed by atoms with Crippen molar-refractivity contribution in [3.05, 3.63) is 78.0 Å². The van der Waals surface area contributed by atoms with E-state index in [0.717, 1.165) is 50.5 Å². The van der Waals surface area contributed by atoms with E-state index in [1.807, 2.05) is 12.3 Å². The van der Waals surface area contributed by atoms with Gasteiger partial charge in [0.05, 0.1) is 12.1 Å². The van der Waals surface area contributed by atoms with Crippen LogP contribution in [0.1, 0.15) is 30.9 Å². The van der Waals surface area contributed by atoms with E-state index in [1.54, 1.807) is 0 Å². The molecule has 1 fully saturated rings. The molecule has 0 spiro atoms. The first-order valence-electron chi connectivity index (χ1n) is 11.0. The lowest BCUT2D eigenvalue weighted by Gasteiger charge is -2.33. The summed E-state index contributed by atoms with van der Waals surface area (Å²) < 4.78 is 0. The molecule has 0 bridgehead atoms. The minimum Gasteiger partial charge on any atom is -0.357 e. The molecule has 3 aromatic rings. The molecule has 0 saturated carbocycles. The van der Waals surface area contributed by atoms with Gasteiger partial charge in [-0.2, -0.15) is 0 Å². The fourth-order valence-electron chi connectivity index (χ4n) is 4.05. The molecular weight excluding hydrogens is 497 g/mol. The third-order valence-corrected chi connectivity index (χ3v) is 5.67. The molecule has 1 aliphatic heterocycles. The highest BCUT2D eigenvalue weighted by Crippen LogP contribution is 2.17. The van der Waals surface area contributed by atoms with E-state index in [9.17, 15) is 0 Å². The smallest absolute Gasteiger partial charge is 0.191 e. The molecule has 0 radical (unpaired) electrons. The molecule has 1 aromatic heterocycles. The number of nitrogens with zero attached hydrogens (tertiary/aromatic N) is 3. The maximum atomic E-state index is 4.87. The van der Waals surface area contributed by atoms with Gasteiger partial charge >= 0.3 is 0 Å². The Hall–Kier alpha value is -2.19. The number of benzene rings is 2. The Bertz CT molecular complexity index is 963. The van der Waals surface area contributed by atoms with Crippen molar-refractivity contribution in [1.82, 2.24) is 20.5 Å². The summed E-state index contributed by atoms with van der Waals surface area (Å²) in [5.41, 5.74) is 3.62. The zero-order valence-electron chi connectivity index (χ0n) is 18.1. The van der Waals surface area contributed by atoms with Crippen molar-refractivity contribution >= 4 is 40.8 Å². The Morgan fingerprint density at radius 1 is 1.03 bits per heavy atom. The Labute approximate surface area is 202 Å². The monoisotopic (exact) mass is 529 g/mol. The summed E-state index contributed by atoms with van der Waals surface area (Å²) >= 11 is 0. The lowest BCUT2D eigenvalue weighted by molar-refractivity contribution is 0.198. The minimum atomic E-state index is 0. The van der Waals surface area contributed by atoms with Gasteiger partial charge in [0.25, 0.3) is 0 Å². The summed E-state index contributed by atoms with van der Waals surface area (Å²) in [6.45, 7) is 6.88. The number of pyridine rings is 1. The topological polar surface area (TPSA) is 52.6 Å². The Morgan fingerprint density at radius 2 is 1.77 bits per heavy atom. The highest BCUT2D eigenvalue weighted by atomic mass is 127. The van der Waals surface area contributed by atoms with Gasteiger partial charge in [0.2, 0.25) is 0 Å². The van der Waals surface area contributed by atoms with Gasteiger partial charge in [0.15, 0.2) is 5.96 Å². The van der Waals surface area contributed by atoms with Crippen molar-refractivity contribution < 1.29 is 0 Å². The van der Waals surface area contributed by atoms with Crippen LogP contribution >= 0.6 is 24.0 Å². The van der Waals surface area contributed by atoms with Crippen LogP contribution in [0.4, 0.5) is 0 Å². The van der Waals surface area contributed by atoms with Crippen LogP contribution in [-0.4, -0.2) is 41.5 Å². The third kappa shape index (κ3) is 6.64. The molecule has 31 heavy (non-hydrogen) atoms. The van der Waals surface area contributed by atoms with Gasteiger partial charge in [0, 0.05) is 43.8 Å². The van der Waals surface area contributed by atoms with Gasteiger partial charge in [-0.1, -0.05) is 48.5 Å². The second-order valence-electron chi connectivity index (χ2n) is 7.86. The standard InChI is InChI=1S/C25H31N5.HI/c1-2-26-25(28-18-21-12-15-27-24-11-7-6-10-23(21)24)29-22-13-16-30(17-14-22)19-20-8-4-3-5-9-20;/h3-12,15,22H,2,13-14,16-19H2,1H3,(H2,26,28,29);1H. The molecule has 0 aliphatic carbocycles. The molecular formula is C25H32IN5. The molecule has 164 valence electrons. The fourth-order valence-corrected chi connectivity index (χ4v) is 4.05. The van der Waals surface area contributed by atoms with Crippen molar-refractivity contribution in [2.45, 2.75) is 38.9 Å². The molecule has 5 nitrogen and oxygen atoms in total. The molecule has 4 rings (SSSR count). The van der Waals surface area contributed by atoms with Crippen LogP contribution in [-0.2, 0) is 13.1 Å². The number of fused-ring (bicyclic) bond motifs is 1. The molecule has 0 unspecified atom stereocenters. The third-order valence-electron chi connectivity index (χ3n) is 5.67. The fraction of sp³-hybridized carbons (Fsp3) is 0.360. The zero-order chi connectivity index (χ0) is 20.6. The quantitative estimate of drug-likeness (QED) is 0.279. The number of guanidine groups is 1. The minimum absolute atomic E-state index is 0. The number of likely N-dealkylation sites (tertiary alicyclic amines) is 1. The Morgan fingerprint density at radius 3 is 2.55 bits per heavy atom. The van der Waals surface area contributed by atoms with Gasteiger partial charge in [-0.3, -0.25) is 9.88 Å². The van der Waals surface area contributed by atoms with Crippen molar-refractivity contribution in [1.29, 1.82) is 0 Å². The van der Waals surface area contributed by atoms with Crippen LogP contribution in [0.2, 0.25) is 0 Å². The second kappa shape index (κ2) is 12.0. The van der Waals surface area contributed by atoms with Crippen molar-refractivity contribution in [3.63, 3.8) is 0 Å². The van der Waals surface area contributed by atoms with Crippen molar-refractivity contribution in [3.8, 4) is 0 Å². The van der Waals surface area contributed by atoms with E-state index in [-0.39, 0.29) is 24.0 Å². The molecule has 0 atom stereocenters. The molecule has 2 heterocycles. The summed E-state index contributed by atoms with van der Waals surface area (Å²) in [5, 5.41) is 8.24. The first-order valence-corrected chi connectivity index (χ1v) is 11.0. The Kier molecular flexibility index (Phi) is 9.09. The number of halogens is 1. The number of rotatable bonds is 6. The number of para-hydroxylation sites is 1. The normalized spacial score (nSPS) is 15.5. The van der Waals surface area contributed by atoms with Gasteiger partial charge in [-0.25, -0.2) is 4.99 Å². The van der Waals surface area contributed by atoms with Gasteiger partial charge < -0.3 is 10.6 Å². The SMILES string of the molecule is CCNC(=NCc1ccnc2ccccc12)NC1CCN(Cc2ccccc2)CC1.I. The number of hydrogen-bond donors (Lipinski definition) is 2. The van der Waals surface area contributed by atoms with Gasteiger partial charge in [-0.15, -0.1) is 24.0 Å². The summed E-state index contributed by atoms with van der Waals surface area (Å²) in [5.74, 6) is 0.903. The van der Waals surface area contributed by atoms with Crippen LogP contribution < -0.4 is 10.6 Å². The lowest BCUT2D eigenvalue weighted by Crippen LogP contribution is -2.48. The molecule has 2 N–H and O–H groups in total. The van der Waals surface area contributed by atoms with Gasteiger partial charge in [-0.05, 0) is 43.0 Å². The van der Waals surface area contributed by atoms with Crippen LogP contribution in [0, 0.1) is 0 Å². The van der Waals surface area contributed by atoms with Crippen molar-refractivity contribution in [2.75, 3.05) is 19.6 Å². The average molecular weight is 529 g/mol. The number of hydrogen-bond acceptors (Lipinski definition) is 3. The number of aliphatic imine (C=N–C) groups is 1. The highest BCUT2D eigenvalue weighted by Gasteiger charge is 2.20. The predicted molar refractivity (Wildman–Crippen MR) is 140 cm³/mol. The molecule has 2 aromatic carbocycles. The van der Waals surface area contributed by atoms with Crippen LogP contribution in [0.5, 0.6) is 0 Å². The van der Waals surface area contributed by atoms with Crippen LogP contribution in [0.3, 0.4) is 0 Å². The van der Waals surface area contributed by atoms with Crippen molar-refractivity contribution in [2.24, 2.45) is 4.99 Å². The average Bonchev–Trinajstić information content (AvgIpc) is 2.79. The summed E-state index contributed by atoms with van der Waals surface area (Å²) in [6.07, 6.45) is 4.14. The summed E-state index contributed by atoms with van der Waals surface area (Å²) in [4.78, 5) is 11.9. The van der Waals surface area contributed by atoms with E-state index in [1.165, 1.54) is 16.5 Å². The molecule has 1 saturated heterocycles. The van der Waals surface area contributed by atoms with E-state index < -0.39 is 0 Å². The van der Waals surface area contributed by atoms with E-state index in [2.05, 4.69) is 82.0 Å². The van der Waals surface area contributed by atoms with E-state index in [4.69, 9.17) is 4.99 Å². The van der Waals surface area contributed by atoms with Crippen LogP contribution in [0.15, 0.2) is 71.9 Å². The predicted octanol–water partition coefficient (Wildman–Crippen LogP) is 4.57. The molecule has 0 amide bonds.